The van der Waals surface area contributed by atoms with E-state index in [-0.39, 0.29) is 17.2 Å². The molecule has 5 heteroatoms. The number of rotatable bonds is 5. The molecular weight excluding hydrogens is 266 g/mol. The summed E-state index contributed by atoms with van der Waals surface area (Å²) in [5.41, 5.74) is 1.95. The summed E-state index contributed by atoms with van der Waals surface area (Å²) in [5.74, 6) is -0.327. The predicted molar refractivity (Wildman–Crippen MR) is 82.5 cm³/mol. The molecule has 0 saturated carbocycles. The minimum Gasteiger partial charge on any atom is -0.321 e. The van der Waals surface area contributed by atoms with Gasteiger partial charge in [-0.1, -0.05) is 25.5 Å². The van der Waals surface area contributed by atoms with Crippen molar-refractivity contribution in [3.8, 4) is 0 Å². The van der Waals surface area contributed by atoms with Gasteiger partial charge in [0, 0.05) is 18.8 Å². The summed E-state index contributed by atoms with van der Waals surface area (Å²) in [6, 6.07) is 10.5. The number of anilines is 1. The summed E-state index contributed by atoms with van der Waals surface area (Å²) in [6.07, 6.45) is 3.37. The third kappa shape index (κ3) is 4.02. The maximum Gasteiger partial charge on any atom is 0.276 e. The number of benzene rings is 1. The van der Waals surface area contributed by atoms with Gasteiger partial charge in [0.1, 0.15) is 5.69 Å². The fourth-order valence-electron chi connectivity index (χ4n) is 1.95. The van der Waals surface area contributed by atoms with Gasteiger partial charge in [-0.05, 0) is 36.6 Å². The van der Waals surface area contributed by atoms with Crippen molar-refractivity contribution in [2.75, 3.05) is 5.32 Å². The lowest BCUT2D eigenvalue weighted by Gasteiger charge is -2.06. The van der Waals surface area contributed by atoms with Gasteiger partial charge < -0.3 is 5.32 Å². The molecule has 0 radical (unpaired) electrons. The zero-order valence-corrected chi connectivity index (χ0v) is 12.3. The van der Waals surface area contributed by atoms with Crippen LogP contribution in [0.3, 0.4) is 0 Å². The van der Waals surface area contributed by atoms with Gasteiger partial charge in [0.15, 0.2) is 0 Å². The Bertz CT molecular complexity index is 675. The van der Waals surface area contributed by atoms with Crippen LogP contribution in [-0.4, -0.2) is 15.7 Å². The zero-order valence-electron chi connectivity index (χ0n) is 12.3. The van der Waals surface area contributed by atoms with Crippen LogP contribution in [0.2, 0.25) is 0 Å². The number of amides is 1. The van der Waals surface area contributed by atoms with Crippen LogP contribution in [0.15, 0.2) is 41.2 Å². The molecule has 0 bridgehead atoms. The average molecular weight is 285 g/mol. The number of nitrogens with one attached hydrogen (secondary N) is 1. The third-order valence-electron chi connectivity index (χ3n) is 3.22. The first kappa shape index (κ1) is 15.0. The number of hydrogen-bond acceptors (Lipinski definition) is 3. The van der Waals surface area contributed by atoms with Crippen molar-refractivity contribution in [3.63, 3.8) is 0 Å². The zero-order chi connectivity index (χ0) is 15.2. The van der Waals surface area contributed by atoms with Gasteiger partial charge in [-0.3, -0.25) is 9.59 Å². The van der Waals surface area contributed by atoms with E-state index in [4.69, 9.17) is 0 Å². The van der Waals surface area contributed by atoms with Gasteiger partial charge in [0.2, 0.25) is 0 Å². The molecule has 1 N–H and O–H groups in total. The molecule has 1 heterocycles. The Labute approximate surface area is 123 Å². The first-order valence-corrected chi connectivity index (χ1v) is 7.05. The van der Waals surface area contributed by atoms with Crippen molar-refractivity contribution in [2.45, 2.75) is 26.2 Å². The maximum atomic E-state index is 12.0. The van der Waals surface area contributed by atoms with Crippen LogP contribution >= 0.6 is 0 Å². The predicted octanol–water partition coefficient (Wildman–Crippen LogP) is 2.38. The third-order valence-corrected chi connectivity index (χ3v) is 3.22. The second-order valence-corrected chi connectivity index (χ2v) is 4.94. The molecule has 1 amide bonds. The minimum absolute atomic E-state index is 0.215. The minimum atomic E-state index is -0.327. The molecule has 0 spiro atoms. The standard InChI is InChI=1S/C16H19N3O2/c1-3-4-5-12-6-8-13(9-7-12)17-16(21)14-10-11-15(20)19(2)18-14/h6-11H,3-5H2,1-2H3,(H,17,21). The molecule has 5 nitrogen and oxygen atoms in total. The van der Waals surface area contributed by atoms with E-state index < -0.39 is 0 Å². The van der Waals surface area contributed by atoms with Crippen molar-refractivity contribution in [3.05, 3.63) is 58.0 Å². The lowest BCUT2D eigenvalue weighted by Crippen LogP contribution is -2.23. The molecule has 0 aliphatic rings. The highest BCUT2D eigenvalue weighted by Crippen LogP contribution is 2.12. The SMILES string of the molecule is CCCCc1ccc(NC(=O)c2ccc(=O)n(C)n2)cc1. The maximum absolute atomic E-state index is 12.0. The highest BCUT2D eigenvalue weighted by Gasteiger charge is 2.08. The molecule has 1 aromatic carbocycles. The van der Waals surface area contributed by atoms with Crippen molar-refractivity contribution in [1.82, 2.24) is 9.78 Å². The normalized spacial score (nSPS) is 10.4. The number of nitrogens with zero attached hydrogens (tertiary/aromatic N) is 2. The van der Waals surface area contributed by atoms with Crippen LogP contribution in [0.1, 0.15) is 35.8 Å². The van der Waals surface area contributed by atoms with Crippen molar-refractivity contribution in [1.29, 1.82) is 0 Å². The lowest BCUT2D eigenvalue weighted by molar-refractivity contribution is 0.102. The quantitative estimate of drug-likeness (QED) is 0.917. The molecule has 0 aliphatic carbocycles. The molecule has 110 valence electrons. The highest BCUT2D eigenvalue weighted by atomic mass is 16.2. The van der Waals surface area contributed by atoms with Crippen molar-refractivity contribution < 1.29 is 4.79 Å². The summed E-state index contributed by atoms with van der Waals surface area (Å²) < 4.78 is 1.14. The molecule has 2 aromatic rings. The summed E-state index contributed by atoms with van der Waals surface area (Å²) in [5, 5.41) is 6.69. The molecule has 0 saturated heterocycles. The van der Waals surface area contributed by atoms with Crippen LogP contribution in [0.4, 0.5) is 5.69 Å². The van der Waals surface area contributed by atoms with E-state index in [2.05, 4.69) is 17.3 Å². The molecule has 0 fully saturated rings. The molecule has 0 unspecified atom stereocenters. The van der Waals surface area contributed by atoms with Crippen LogP contribution in [0.5, 0.6) is 0 Å². The fourth-order valence-corrected chi connectivity index (χ4v) is 1.95. The molecular formula is C16H19N3O2. The van der Waals surface area contributed by atoms with E-state index in [1.165, 1.54) is 24.7 Å². The summed E-state index contributed by atoms with van der Waals surface area (Å²) in [7, 11) is 1.52. The topological polar surface area (TPSA) is 64.0 Å². The Hall–Kier alpha value is -2.43. The van der Waals surface area contributed by atoms with Crippen molar-refractivity contribution >= 4 is 11.6 Å². The Kier molecular flexibility index (Phi) is 4.87. The summed E-state index contributed by atoms with van der Waals surface area (Å²) in [6.45, 7) is 2.16. The van der Waals surface area contributed by atoms with E-state index in [1.807, 2.05) is 24.3 Å². The Morgan fingerprint density at radius 3 is 2.52 bits per heavy atom. The Morgan fingerprint density at radius 2 is 1.90 bits per heavy atom. The second-order valence-electron chi connectivity index (χ2n) is 4.94. The smallest absolute Gasteiger partial charge is 0.276 e. The van der Waals surface area contributed by atoms with Gasteiger partial charge in [-0.25, -0.2) is 4.68 Å². The summed E-state index contributed by atoms with van der Waals surface area (Å²) in [4.78, 5) is 23.3. The number of unbranched alkanes of at least 4 members (excludes halogenated alkanes) is 1. The van der Waals surface area contributed by atoms with Crippen LogP contribution < -0.4 is 10.9 Å². The first-order chi connectivity index (χ1) is 10.1. The van der Waals surface area contributed by atoms with Crippen molar-refractivity contribution in [2.24, 2.45) is 7.05 Å². The van der Waals surface area contributed by atoms with E-state index in [9.17, 15) is 9.59 Å². The fraction of sp³-hybridized carbons (Fsp3) is 0.312. The number of carbonyl (C=O) groups is 1. The number of carbonyl (C=O) groups excluding carboxylic acids is 1. The molecule has 1 aromatic heterocycles. The van der Waals surface area contributed by atoms with E-state index >= 15 is 0 Å². The van der Waals surface area contributed by atoms with Gasteiger partial charge in [-0.15, -0.1) is 0 Å². The number of hydrogen-bond donors (Lipinski definition) is 1. The highest BCUT2D eigenvalue weighted by molar-refractivity contribution is 6.02. The average Bonchev–Trinajstić information content (AvgIpc) is 2.49. The van der Waals surface area contributed by atoms with Gasteiger partial charge in [0.05, 0.1) is 0 Å². The number of aromatic nitrogens is 2. The number of aryl methyl sites for hydroxylation is 2. The lowest BCUT2D eigenvalue weighted by atomic mass is 10.1. The molecule has 0 atom stereocenters. The molecule has 2 rings (SSSR count). The van der Waals surface area contributed by atoms with Gasteiger partial charge in [-0.2, -0.15) is 5.10 Å². The summed E-state index contributed by atoms with van der Waals surface area (Å²) >= 11 is 0. The molecule has 21 heavy (non-hydrogen) atoms. The largest absolute Gasteiger partial charge is 0.321 e. The first-order valence-electron chi connectivity index (χ1n) is 7.05. The van der Waals surface area contributed by atoms with Crippen LogP contribution in [-0.2, 0) is 13.5 Å². The van der Waals surface area contributed by atoms with Gasteiger partial charge in [0.25, 0.3) is 11.5 Å². The van der Waals surface area contributed by atoms with E-state index in [0.29, 0.717) is 0 Å². The van der Waals surface area contributed by atoms with Crippen LogP contribution in [0.25, 0.3) is 0 Å². The van der Waals surface area contributed by atoms with Gasteiger partial charge >= 0.3 is 0 Å². The Morgan fingerprint density at radius 1 is 1.19 bits per heavy atom. The molecule has 0 aliphatic heterocycles. The Balaban J connectivity index is 2.05. The second kappa shape index (κ2) is 6.83. The monoisotopic (exact) mass is 285 g/mol. The van der Waals surface area contributed by atoms with E-state index in [0.717, 1.165) is 29.6 Å². The van der Waals surface area contributed by atoms with Crippen LogP contribution in [0, 0.1) is 0 Å². The van der Waals surface area contributed by atoms with E-state index in [1.54, 1.807) is 0 Å².